The van der Waals surface area contributed by atoms with Crippen LogP contribution in [-0.4, -0.2) is 37.0 Å². The fourth-order valence-electron chi connectivity index (χ4n) is 3.42. The highest BCUT2D eigenvalue weighted by Gasteiger charge is 2.23. The Morgan fingerprint density at radius 3 is 2.52 bits per heavy atom. The van der Waals surface area contributed by atoms with E-state index in [0.717, 1.165) is 26.1 Å². The molecule has 0 spiro atoms. The van der Waals surface area contributed by atoms with Gasteiger partial charge in [0.15, 0.2) is 0 Å². The molecule has 4 heteroatoms. The zero-order valence-corrected chi connectivity index (χ0v) is 14.6. The molecule has 0 radical (unpaired) electrons. The number of nitrogens with one attached hydrogen (secondary N) is 1. The molecule has 1 aliphatic rings. The number of carbonyl (C=O) groups is 1. The van der Waals surface area contributed by atoms with Crippen molar-refractivity contribution in [3.8, 4) is 0 Å². The SMILES string of the molecule is CCCc1ccc(C(C)N(CC(N)=O)CC2CCNCC2)cc1. The number of piperidine rings is 1. The number of carbonyl (C=O) groups excluding carboxylic acids is 1. The summed E-state index contributed by atoms with van der Waals surface area (Å²) in [6.07, 6.45) is 4.64. The van der Waals surface area contributed by atoms with Crippen LogP contribution < -0.4 is 11.1 Å². The molecule has 128 valence electrons. The Labute approximate surface area is 140 Å². The molecule has 1 fully saturated rings. The number of primary amides is 1. The summed E-state index contributed by atoms with van der Waals surface area (Å²) in [7, 11) is 0. The Morgan fingerprint density at radius 2 is 1.96 bits per heavy atom. The van der Waals surface area contributed by atoms with Crippen LogP contribution in [0.3, 0.4) is 0 Å². The molecule has 0 aliphatic carbocycles. The van der Waals surface area contributed by atoms with E-state index >= 15 is 0 Å². The number of hydrogen-bond donors (Lipinski definition) is 2. The smallest absolute Gasteiger partial charge is 0.231 e. The molecule has 0 saturated carbocycles. The second kappa shape index (κ2) is 9.04. The third-order valence-corrected chi connectivity index (χ3v) is 4.86. The quantitative estimate of drug-likeness (QED) is 0.774. The van der Waals surface area contributed by atoms with Gasteiger partial charge in [-0.1, -0.05) is 37.6 Å². The highest BCUT2D eigenvalue weighted by atomic mass is 16.1. The lowest BCUT2D eigenvalue weighted by Gasteiger charge is -2.33. The molecule has 1 amide bonds. The van der Waals surface area contributed by atoms with E-state index < -0.39 is 0 Å². The lowest BCUT2D eigenvalue weighted by molar-refractivity contribution is -0.119. The standard InChI is InChI=1S/C19H31N3O/c1-3-4-16-5-7-18(8-6-16)15(2)22(14-19(20)23)13-17-9-11-21-12-10-17/h5-8,15,17,21H,3-4,9-14H2,1-2H3,(H2,20,23). The lowest BCUT2D eigenvalue weighted by atomic mass is 9.95. The minimum absolute atomic E-state index is 0.216. The lowest BCUT2D eigenvalue weighted by Crippen LogP contribution is -2.41. The van der Waals surface area contributed by atoms with Crippen LogP contribution in [0.1, 0.15) is 50.3 Å². The zero-order chi connectivity index (χ0) is 16.7. The Hall–Kier alpha value is -1.39. The minimum Gasteiger partial charge on any atom is -0.369 e. The first-order valence-corrected chi connectivity index (χ1v) is 8.92. The van der Waals surface area contributed by atoms with Gasteiger partial charge in [-0.15, -0.1) is 0 Å². The van der Waals surface area contributed by atoms with Crippen LogP contribution in [-0.2, 0) is 11.2 Å². The van der Waals surface area contributed by atoms with Gasteiger partial charge in [-0.25, -0.2) is 0 Å². The molecule has 1 atom stereocenters. The van der Waals surface area contributed by atoms with Gasteiger partial charge in [0, 0.05) is 12.6 Å². The fraction of sp³-hybridized carbons (Fsp3) is 0.632. The van der Waals surface area contributed by atoms with Crippen molar-refractivity contribution in [2.75, 3.05) is 26.2 Å². The molecule has 1 heterocycles. The van der Waals surface area contributed by atoms with E-state index in [2.05, 4.69) is 48.3 Å². The van der Waals surface area contributed by atoms with Crippen molar-refractivity contribution in [3.05, 3.63) is 35.4 Å². The second-order valence-electron chi connectivity index (χ2n) is 6.76. The van der Waals surface area contributed by atoms with Crippen molar-refractivity contribution in [2.45, 2.75) is 45.6 Å². The molecular formula is C19H31N3O. The van der Waals surface area contributed by atoms with Crippen LogP contribution in [0.2, 0.25) is 0 Å². The maximum absolute atomic E-state index is 11.5. The number of hydrogen-bond acceptors (Lipinski definition) is 3. The largest absolute Gasteiger partial charge is 0.369 e. The normalized spacial score (nSPS) is 17.3. The zero-order valence-electron chi connectivity index (χ0n) is 14.6. The van der Waals surface area contributed by atoms with Crippen LogP contribution in [0, 0.1) is 5.92 Å². The van der Waals surface area contributed by atoms with E-state index in [1.165, 1.54) is 30.4 Å². The fourth-order valence-corrected chi connectivity index (χ4v) is 3.42. The molecule has 0 bridgehead atoms. The molecule has 1 aromatic rings. The van der Waals surface area contributed by atoms with Gasteiger partial charge in [0.2, 0.25) is 5.91 Å². The maximum atomic E-state index is 11.5. The first-order valence-electron chi connectivity index (χ1n) is 8.92. The molecule has 1 aromatic carbocycles. The Morgan fingerprint density at radius 1 is 1.30 bits per heavy atom. The number of rotatable bonds is 8. The molecule has 4 nitrogen and oxygen atoms in total. The van der Waals surface area contributed by atoms with E-state index in [0.29, 0.717) is 12.5 Å². The summed E-state index contributed by atoms with van der Waals surface area (Å²) in [5, 5.41) is 3.40. The van der Waals surface area contributed by atoms with Crippen LogP contribution in [0.5, 0.6) is 0 Å². The minimum atomic E-state index is -0.242. The van der Waals surface area contributed by atoms with Gasteiger partial charge < -0.3 is 11.1 Å². The first kappa shape index (κ1) is 18.0. The average molecular weight is 317 g/mol. The second-order valence-corrected chi connectivity index (χ2v) is 6.76. The van der Waals surface area contributed by atoms with Gasteiger partial charge in [0.25, 0.3) is 0 Å². The molecule has 0 aromatic heterocycles. The van der Waals surface area contributed by atoms with Crippen LogP contribution in [0.25, 0.3) is 0 Å². The van der Waals surface area contributed by atoms with Gasteiger partial charge >= 0.3 is 0 Å². The van der Waals surface area contributed by atoms with Crippen molar-refractivity contribution in [1.82, 2.24) is 10.2 Å². The van der Waals surface area contributed by atoms with Crippen molar-refractivity contribution < 1.29 is 4.79 Å². The van der Waals surface area contributed by atoms with E-state index in [1.54, 1.807) is 0 Å². The number of benzene rings is 1. The summed E-state index contributed by atoms with van der Waals surface area (Å²) in [5.41, 5.74) is 8.13. The van der Waals surface area contributed by atoms with Crippen LogP contribution >= 0.6 is 0 Å². The van der Waals surface area contributed by atoms with Crippen molar-refractivity contribution in [3.63, 3.8) is 0 Å². The van der Waals surface area contributed by atoms with Gasteiger partial charge in [0.05, 0.1) is 6.54 Å². The molecule has 1 unspecified atom stereocenters. The van der Waals surface area contributed by atoms with Crippen molar-refractivity contribution in [1.29, 1.82) is 0 Å². The van der Waals surface area contributed by atoms with Gasteiger partial charge in [-0.2, -0.15) is 0 Å². The number of nitrogens with zero attached hydrogens (tertiary/aromatic N) is 1. The third kappa shape index (κ3) is 5.63. The van der Waals surface area contributed by atoms with Gasteiger partial charge in [0.1, 0.15) is 0 Å². The Balaban J connectivity index is 2.04. The topological polar surface area (TPSA) is 58.4 Å². The van der Waals surface area contributed by atoms with Gasteiger partial charge in [-0.05, 0) is 56.3 Å². The summed E-state index contributed by atoms with van der Waals surface area (Å²) in [6, 6.07) is 9.04. The first-order chi connectivity index (χ1) is 11.1. The van der Waals surface area contributed by atoms with E-state index in [-0.39, 0.29) is 11.9 Å². The molecule has 23 heavy (non-hydrogen) atoms. The number of amides is 1. The summed E-state index contributed by atoms with van der Waals surface area (Å²) >= 11 is 0. The van der Waals surface area contributed by atoms with Gasteiger partial charge in [-0.3, -0.25) is 9.69 Å². The molecule has 1 aliphatic heterocycles. The van der Waals surface area contributed by atoms with Crippen LogP contribution in [0.15, 0.2) is 24.3 Å². The average Bonchev–Trinajstić information content (AvgIpc) is 2.55. The summed E-state index contributed by atoms with van der Waals surface area (Å²) < 4.78 is 0. The maximum Gasteiger partial charge on any atom is 0.231 e. The summed E-state index contributed by atoms with van der Waals surface area (Å²) in [5.74, 6) is 0.408. The Kier molecular flexibility index (Phi) is 7.06. The predicted octanol–water partition coefficient (Wildman–Crippen LogP) is 2.49. The Bertz CT molecular complexity index is 480. The van der Waals surface area contributed by atoms with Crippen molar-refractivity contribution >= 4 is 5.91 Å². The molecular weight excluding hydrogens is 286 g/mol. The van der Waals surface area contributed by atoms with E-state index in [1.807, 2.05) is 0 Å². The van der Waals surface area contributed by atoms with E-state index in [9.17, 15) is 4.79 Å². The number of nitrogens with two attached hydrogens (primary N) is 1. The molecule has 3 N–H and O–H groups in total. The highest BCUT2D eigenvalue weighted by molar-refractivity contribution is 5.76. The molecule has 2 rings (SSSR count). The number of aryl methyl sites for hydroxylation is 1. The predicted molar refractivity (Wildman–Crippen MR) is 95.2 cm³/mol. The van der Waals surface area contributed by atoms with Crippen LogP contribution in [0.4, 0.5) is 0 Å². The summed E-state index contributed by atoms with van der Waals surface area (Å²) in [6.45, 7) is 7.82. The summed E-state index contributed by atoms with van der Waals surface area (Å²) in [4.78, 5) is 13.7. The molecule has 1 saturated heterocycles. The van der Waals surface area contributed by atoms with E-state index in [4.69, 9.17) is 5.73 Å². The third-order valence-electron chi connectivity index (χ3n) is 4.86. The highest BCUT2D eigenvalue weighted by Crippen LogP contribution is 2.24. The monoisotopic (exact) mass is 317 g/mol. The van der Waals surface area contributed by atoms with Crippen molar-refractivity contribution in [2.24, 2.45) is 11.7 Å².